The summed E-state index contributed by atoms with van der Waals surface area (Å²) in [6.45, 7) is 4.88. The van der Waals surface area contributed by atoms with Crippen LogP contribution in [0.15, 0.2) is 48.8 Å². The highest BCUT2D eigenvalue weighted by atomic mass is 16.5. The van der Waals surface area contributed by atoms with Crippen LogP contribution in [0.5, 0.6) is 0 Å². The molecule has 1 unspecified atom stereocenters. The van der Waals surface area contributed by atoms with Gasteiger partial charge in [0.2, 0.25) is 11.8 Å². The van der Waals surface area contributed by atoms with Gasteiger partial charge in [-0.15, -0.1) is 0 Å². The van der Waals surface area contributed by atoms with Crippen molar-refractivity contribution in [3.05, 3.63) is 59.9 Å². The number of amides is 3. The van der Waals surface area contributed by atoms with Crippen molar-refractivity contribution >= 4 is 29.4 Å². The first-order valence-electron chi connectivity index (χ1n) is 12.4. The van der Waals surface area contributed by atoms with E-state index in [4.69, 9.17) is 4.74 Å². The van der Waals surface area contributed by atoms with Crippen molar-refractivity contribution < 1.29 is 23.9 Å². The lowest BCUT2D eigenvalue weighted by atomic mass is 9.98. The Balaban J connectivity index is 1.44. The molecule has 1 aromatic heterocycles. The van der Waals surface area contributed by atoms with Gasteiger partial charge < -0.3 is 14.5 Å². The summed E-state index contributed by atoms with van der Waals surface area (Å²) in [6.07, 6.45) is 5.04. The summed E-state index contributed by atoms with van der Waals surface area (Å²) < 4.78 is 5.02. The van der Waals surface area contributed by atoms with Crippen LogP contribution in [-0.2, 0) is 25.7 Å². The van der Waals surface area contributed by atoms with Gasteiger partial charge in [-0.25, -0.2) is 0 Å². The van der Waals surface area contributed by atoms with E-state index in [1.807, 2.05) is 25.1 Å². The van der Waals surface area contributed by atoms with E-state index in [0.29, 0.717) is 50.2 Å². The van der Waals surface area contributed by atoms with Gasteiger partial charge in [-0.3, -0.25) is 29.1 Å². The molecule has 9 heteroatoms. The third kappa shape index (κ3) is 5.10. The van der Waals surface area contributed by atoms with E-state index < -0.39 is 5.66 Å². The third-order valence-corrected chi connectivity index (χ3v) is 6.86. The number of pyridine rings is 1. The predicted octanol–water partition coefficient (Wildman–Crippen LogP) is 3.14. The molecular weight excluding hydrogens is 460 g/mol. The molecule has 4 rings (SSSR count). The minimum Gasteiger partial charge on any atom is -0.466 e. The molecule has 9 nitrogen and oxygen atoms in total. The quantitative estimate of drug-likeness (QED) is 0.473. The molecule has 2 aliphatic heterocycles. The molecule has 1 atom stereocenters. The van der Waals surface area contributed by atoms with Gasteiger partial charge in [-0.1, -0.05) is 18.2 Å². The van der Waals surface area contributed by atoms with Gasteiger partial charge in [-0.05, 0) is 50.5 Å². The number of hydrogen-bond acceptors (Lipinski definition) is 6. The smallest absolute Gasteiger partial charge is 0.307 e. The second-order valence-electron chi connectivity index (χ2n) is 9.26. The van der Waals surface area contributed by atoms with Gasteiger partial charge in [0.1, 0.15) is 5.66 Å². The molecule has 1 fully saturated rings. The fourth-order valence-electron chi connectivity index (χ4n) is 5.05. The van der Waals surface area contributed by atoms with E-state index in [-0.39, 0.29) is 43.1 Å². The maximum atomic E-state index is 13.4. The first kappa shape index (κ1) is 25.3. The Kier molecular flexibility index (Phi) is 7.67. The minimum absolute atomic E-state index is 0.000127. The fraction of sp³-hybridized carbons (Fsp3) is 0.444. The van der Waals surface area contributed by atoms with Crippen molar-refractivity contribution in [1.29, 1.82) is 0 Å². The number of benzene rings is 1. The number of esters is 1. The number of carbonyl (C=O) groups excluding carboxylic acids is 4. The number of nitrogens with zero attached hydrogens (tertiary/aromatic N) is 4. The molecule has 1 aromatic carbocycles. The summed E-state index contributed by atoms with van der Waals surface area (Å²) >= 11 is 0. The number of para-hydroxylation sites is 1. The molecule has 36 heavy (non-hydrogen) atoms. The molecule has 2 aromatic rings. The highest BCUT2D eigenvalue weighted by molar-refractivity contribution is 6.10. The summed E-state index contributed by atoms with van der Waals surface area (Å²) in [7, 11) is 0. The van der Waals surface area contributed by atoms with Crippen LogP contribution >= 0.6 is 0 Å². The molecule has 0 N–H and O–H groups in total. The Hall–Kier alpha value is -3.75. The zero-order valence-electron chi connectivity index (χ0n) is 20.8. The standard InChI is InChI=1S/C27H32N4O5/c1-3-36-25(34)13-17-29(19-20-8-6-15-28-18-20)23(32)11-7-16-30-26(35)21-9-4-5-10-22(21)31-24(33)12-14-27(30,31)2/h4-6,8-10,15,18H,3,7,11-14,16-17,19H2,1-2H3. The lowest BCUT2D eigenvalue weighted by Gasteiger charge is -2.48. The summed E-state index contributed by atoms with van der Waals surface area (Å²) in [4.78, 5) is 60.4. The van der Waals surface area contributed by atoms with Crippen molar-refractivity contribution in [2.75, 3.05) is 24.6 Å². The number of ether oxygens (including phenoxy) is 1. The van der Waals surface area contributed by atoms with E-state index >= 15 is 0 Å². The zero-order valence-corrected chi connectivity index (χ0v) is 20.8. The molecule has 0 aliphatic carbocycles. The summed E-state index contributed by atoms with van der Waals surface area (Å²) in [5.74, 6) is -0.586. The monoisotopic (exact) mass is 492 g/mol. The lowest BCUT2D eigenvalue weighted by Crippen LogP contribution is -2.62. The molecule has 0 radical (unpaired) electrons. The summed E-state index contributed by atoms with van der Waals surface area (Å²) in [6, 6.07) is 10.9. The second-order valence-corrected chi connectivity index (χ2v) is 9.26. The van der Waals surface area contributed by atoms with Crippen LogP contribution in [0, 0.1) is 0 Å². The van der Waals surface area contributed by atoms with Crippen LogP contribution in [0.1, 0.15) is 61.9 Å². The maximum absolute atomic E-state index is 13.4. The number of anilines is 1. The van der Waals surface area contributed by atoms with E-state index in [2.05, 4.69) is 4.98 Å². The molecule has 190 valence electrons. The van der Waals surface area contributed by atoms with E-state index in [1.54, 1.807) is 52.2 Å². The van der Waals surface area contributed by atoms with Crippen molar-refractivity contribution in [3.63, 3.8) is 0 Å². The first-order chi connectivity index (χ1) is 17.3. The van der Waals surface area contributed by atoms with E-state index in [0.717, 1.165) is 5.56 Å². The molecule has 3 amide bonds. The number of hydrogen-bond donors (Lipinski definition) is 0. The van der Waals surface area contributed by atoms with Gasteiger partial charge in [0, 0.05) is 44.9 Å². The Morgan fingerprint density at radius 3 is 2.69 bits per heavy atom. The maximum Gasteiger partial charge on any atom is 0.307 e. The van der Waals surface area contributed by atoms with Crippen molar-refractivity contribution in [2.24, 2.45) is 0 Å². The Labute approximate surface area is 211 Å². The van der Waals surface area contributed by atoms with Crippen LogP contribution in [-0.4, -0.2) is 63.8 Å². The van der Waals surface area contributed by atoms with Crippen LogP contribution < -0.4 is 4.90 Å². The molecule has 2 aliphatic rings. The fourth-order valence-corrected chi connectivity index (χ4v) is 5.05. The van der Waals surface area contributed by atoms with Crippen LogP contribution in [0.2, 0.25) is 0 Å². The van der Waals surface area contributed by atoms with Gasteiger partial charge in [0.15, 0.2) is 0 Å². The molecule has 1 saturated heterocycles. The Bertz CT molecular complexity index is 1140. The van der Waals surface area contributed by atoms with Gasteiger partial charge in [-0.2, -0.15) is 0 Å². The molecule has 0 saturated carbocycles. The van der Waals surface area contributed by atoms with Gasteiger partial charge >= 0.3 is 5.97 Å². The average molecular weight is 493 g/mol. The topological polar surface area (TPSA) is 100 Å². The average Bonchev–Trinajstić information content (AvgIpc) is 3.19. The zero-order chi connectivity index (χ0) is 25.7. The number of fused-ring (bicyclic) bond motifs is 3. The normalized spacial score (nSPS) is 18.6. The van der Waals surface area contributed by atoms with Gasteiger partial charge in [0.25, 0.3) is 5.91 Å². The second kappa shape index (κ2) is 10.9. The minimum atomic E-state index is -0.745. The predicted molar refractivity (Wildman–Crippen MR) is 133 cm³/mol. The van der Waals surface area contributed by atoms with Crippen molar-refractivity contribution in [2.45, 2.75) is 58.2 Å². The molecule has 3 heterocycles. The highest BCUT2D eigenvalue weighted by Crippen LogP contribution is 2.44. The molecule has 0 spiro atoms. The van der Waals surface area contributed by atoms with Crippen LogP contribution in [0.25, 0.3) is 0 Å². The summed E-state index contributed by atoms with van der Waals surface area (Å²) in [5.41, 5.74) is 1.28. The number of aromatic nitrogens is 1. The van der Waals surface area contributed by atoms with Crippen molar-refractivity contribution in [1.82, 2.24) is 14.8 Å². The van der Waals surface area contributed by atoms with E-state index in [1.165, 1.54) is 0 Å². The van der Waals surface area contributed by atoms with Crippen LogP contribution in [0.4, 0.5) is 5.69 Å². The Morgan fingerprint density at radius 2 is 1.94 bits per heavy atom. The molecular formula is C27H32N4O5. The SMILES string of the molecule is CCOC(=O)CCN(Cc1cccnc1)C(=O)CCCN1C(=O)c2ccccc2N2C(=O)CCC12C. The van der Waals surface area contributed by atoms with E-state index in [9.17, 15) is 19.2 Å². The number of rotatable bonds is 10. The Morgan fingerprint density at radius 1 is 1.14 bits per heavy atom. The molecule has 0 bridgehead atoms. The number of carbonyl (C=O) groups is 4. The summed E-state index contributed by atoms with van der Waals surface area (Å²) in [5, 5.41) is 0. The van der Waals surface area contributed by atoms with Gasteiger partial charge in [0.05, 0.1) is 24.3 Å². The first-order valence-corrected chi connectivity index (χ1v) is 12.4. The third-order valence-electron chi connectivity index (χ3n) is 6.86. The lowest BCUT2D eigenvalue weighted by molar-refractivity contribution is -0.144. The highest BCUT2D eigenvalue weighted by Gasteiger charge is 2.52. The van der Waals surface area contributed by atoms with Crippen LogP contribution in [0.3, 0.4) is 0 Å². The van der Waals surface area contributed by atoms with Crippen molar-refractivity contribution in [3.8, 4) is 0 Å². The largest absolute Gasteiger partial charge is 0.466 e.